The van der Waals surface area contributed by atoms with Crippen LogP contribution in [0.25, 0.3) is 11.1 Å². The molecule has 0 bridgehead atoms. The van der Waals surface area contributed by atoms with Crippen LogP contribution >= 0.6 is 0 Å². The first-order valence-electron chi connectivity index (χ1n) is 8.46. The van der Waals surface area contributed by atoms with Crippen molar-refractivity contribution in [1.82, 2.24) is 0 Å². The van der Waals surface area contributed by atoms with Crippen LogP contribution in [0.4, 0.5) is 0 Å². The van der Waals surface area contributed by atoms with E-state index in [2.05, 4.69) is 4.74 Å². The number of methoxy groups -OCH3 is 1. The number of rotatable bonds is 8. The Morgan fingerprint density at radius 1 is 1.00 bits per heavy atom. The molecular weight excluding hydrogens is 352 g/mol. The highest BCUT2D eigenvalue weighted by atomic mass is 32.2. The number of unbranched alkanes of at least 4 members (excludes halogenated alkanes) is 1. The summed E-state index contributed by atoms with van der Waals surface area (Å²) in [7, 11) is -1.83. The highest BCUT2D eigenvalue weighted by Gasteiger charge is 2.10. The normalized spacial score (nSPS) is 12.6. The van der Waals surface area contributed by atoms with Crippen molar-refractivity contribution < 1.29 is 23.1 Å². The van der Waals surface area contributed by atoms with Crippen molar-refractivity contribution in [3.8, 4) is 11.1 Å². The Morgan fingerprint density at radius 3 is 2.04 bits per heavy atom. The van der Waals surface area contributed by atoms with Gasteiger partial charge in [0, 0.05) is 12.7 Å². The summed E-state index contributed by atoms with van der Waals surface area (Å²) in [6.07, 6.45) is 2.99. The molecule has 0 spiro atoms. The Kier molecular flexibility index (Phi) is 6.94. The molecule has 0 aliphatic carbocycles. The smallest absolute Gasteiger partial charge is 0.305 e. The molecule has 1 atom stereocenters. The van der Waals surface area contributed by atoms with E-state index < -0.39 is 15.9 Å². The average molecular weight is 376 g/mol. The number of benzene rings is 2. The number of hydrogen-bond donors (Lipinski definition) is 1. The average Bonchev–Trinajstić information content (AvgIpc) is 2.64. The van der Waals surface area contributed by atoms with Crippen LogP contribution in [-0.4, -0.2) is 32.9 Å². The lowest BCUT2D eigenvalue weighted by Gasteiger charge is -2.12. The Morgan fingerprint density at radius 2 is 1.54 bits per heavy atom. The zero-order valence-corrected chi connectivity index (χ0v) is 15.8. The van der Waals surface area contributed by atoms with Gasteiger partial charge in [0.05, 0.1) is 18.1 Å². The lowest BCUT2D eigenvalue weighted by atomic mass is 9.99. The molecule has 2 aromatic rings. The van der Waals surface area contributed by atoms with Crippen LogP contribution in [0.1, 0.15) is 37.4 Å². The van der Waals surface area contributed by atoms with E-state index in [9.17, 15) is 18.3 Å². The van der Waals surface area contributed by atoms with Crippen molar-refractivity contribution >= 4 is 15.8 Å². The number of carbonyl (C=O) groups is 1. The third kappa shape index (κ3) is 5.68. The van der Waals surface area contributed by atoms with E-state index in [1.165, 1.54) is 13.4 Å². The first-order chi connectivity index (χ1) is 12.3. The standard InChI is InChI=1S/C20H24O5S/c1-25-20(22)6-4-3-5-19(21)17-9-7-15(8-10-17)16-11-13-18(14-12-16)26(2,23)24/h7-14,19,21H,3-6H2,1-2H3. The molecule has 5 nitrogen and oxygen atoms in total. The lowest BCUT2D eigenvalue weighted by molar-refractivity contribution is -0.140. The molecule has 1 unspecified atom stereocenters. The molecule has 0 aromatic heterocycles. The molecule has 140 valence electrons. The maximum Gasteiger partial charge on any atom is 0.305 e. The van der Waals surface area contributed by atoms with Gasteiger partial charge in [0.25, 0.3) is 0 Å². The van der Waals surface area contributed by atoms with Gasteiger partial charge in [0.15, 0.2) is 9.84 Å². The first kappa shape index (κ1) is 20.1. The second kappa shape index (κ2) is 8.96. The fourth-order valence-corrected chi connectivity index (χ4v) is 3.30. The number of ether oxygens (including phenoxy) is 1. The predicted octanol–water partition coefficient (Wildman–Crippen LogP) is 3.52. The van der Waals surface area contributed by atoms with E-state index in [4.69, 9.17) is 0 Å². The van der Waals surface area contributed by atoms with Crippen molar-refractivity contribution in [2.45, 2.75) is 36.7 Å². The van der Waals surface area contributed by atoms with Gasteiger partial charge in [0.2, 0.25) is 0 Å². The number of esters is 1. The molecule has 0 aliphatic rings. The summed E-state index contributed by atoms with van der Waals surface area (Å²) in [5.41, 5.74) is 2.68. The molecule has 0 radical (unpaired) electrons. The number of aliphatic hydroxyl groups is 1. The molecule has 0 saturated carbocycles. The summed E-state index contributed by atoms with van der Waals surface area (Å²) in [5, 5.41) is 10.2. The quantitative estimate of drug-likeness (QED) is 0.563. The van der Waals surface area contributed by atoms with Crippen LogP contribution in [0.2, 0.25) is 0 Å². The summed E-state index contributed by atoms with van der Waals surface area (Å²) >= 11 is 0. The molecular formula is C20H24O5S. The molecule has 0 fully saturated rings. The molecule has 0 saturated heterocycles. The van der Waals surface area contributed by atoms with Gasteiger partial charge in [-0.15, -0.1) is 0 Å². The largest absolute Gasteiger partial charge is 0.469 e. The van der Waals surface area contributed by atoms with E-state index in [-0.39, 0.29) is 5.97 Å². The van der Waals surface area contributed by atoms with E-state index in [0.717, 1.165) is 23.1 Å². The van der Waals surface area contributed by atoms with Crippen molar-refractivity contribution in [3.63, 3.8) is 0 Å². The molecule has 6 heteroatoms. The van der Waals surface area contributed by atoms with Crippen LogP contribution in [-0.2, 0) is 19.4 Å². The lowest BCUT2D eigenvalue weighted by Crippen LogP contribution is -2.01. The highest BCUT2D eigenvalue weighted by Crippen LogP contribution is 2.25. The summed E-state index contributed by atoms with van der Waals surface area (Å²) in [5.74, 6) is -0.231. The Bertz CT molecular complexity index is 824. The molecule has 1 N–H and O–H groups in total. The van der Waals surface area contributed by atoms with Gasteiger partial charge in [-0.1, -0.05) is 36.4 Å². The van der Waals surface area contributed by atoms with Gasteiger partial charge < -0.3 is 9.84 Å². The second-order valence-corrected chi connectivity index (χ2v) is 8.27. The maximum absolute atomic E-state index is 11.5. The van der Waals surface area contributed by atoms with Gasteiger partial charge >= 0.3 is 5.97 Å². The number of hydrogen-bond acceptors (Lipinski definition) is 5. The molecule has 0 amide bonds. The van der Waals surface area contributed by atoms with Crippen molar-refractivity contribution in [1.29, 1.82) is 0 Å². The predicted molar refractivity (Wildman–Crippen MR) is 100 cm³/mol. The first-order valence-corrected chi connectivity index (χ1v) is 10.4. The van der Waals surface area contributed by atoms with Gasteiger partial charge in [-0.25, -0.2) is 8.42 Å². The molecule has 0 heterocycles. The summed E-state index contributed by atoms with van der Waals surface area (Å²) in [6.45, 7) is 0. The van der Waals surface area contributed by atoms with Crippen molar-refractivity contribution in [3.05, 3.63) is 54.1 Å². The minimum Gasteiger partial charge on any atom is -0.469 e. The Hall–Kier alpha value is -2.18. The van der Waals surface area contributed by atoms with E-state index in [0.29, 0.717) is 24.2 Å². The van der Waals surface area contributed by atoms with Gasteiger partial charge in [-0.2, -0.15) is 0 Å². The molecule has 2 rings (SSSR count). The number of sulfone groups is 1. The summed E-state index contributed by atoms with van der Waals surface area (Å²) in [4.78, 5) is 11.3. The number of aliphatic hydroxyl groups excluding tert-OH is 1. The van der Waals surface area contributed by atoms with Crippen LogP contribution in [0.15, 0.2) is 53.4 Å². The Balaban J connectivity index is 1.96. The van der Waals surface area contributed by atoms with E-state index in [1.54, 1.807) is 24.3 Å². The SMILES string of the molecule is COC(=O)CCCCC(O)c1ccc(-c2ccc(S(C)(=O)=O)cc2)cc1. The molecule has 26 heavy (non-hydrogen) atoms. The number of carbonyl (C=O) groups excluding carboxylic acids is 1. The fourth-order valence-electron chi connectivity index (χ4n) is 2.67. The Labute approximate surface area is 154 Å². The van der Waals surface area contributed by atoms with E-state index in [1.807, 2.05) is 24.3 Å². The monoisotopic (exact) mass is 376 g/mol. The van der Waals surface area contributed by atoms with Gasteiger partial charge in [-0.05, 0) is 48.1 Å². The third-order valence-electron chi connectivity index (χ3n) is 4.25. The van der Waals surface area contributed by atoms with Crippen molar-refractivity contribution in [2.75, 3.05) is 13.4 Å². The van der Waals surface area contributed by atoms with Gasteiger partial charge in [-0.3, -0.25) is 4.79 Å². The minimum atomic E-state index is -3.20. The van der Waals surface area contributed by atoms with Crippen LogP contribution in [0.3, 0.4) is 0 Å². The zero-order valence-electron chi connectivity index (χ0n) is 15.0. The maximum atomic E-state index is 11.5. The summed E-state index contributed by atoms with van der Waals surface area (Å²) < 4.78 is 27.6. The van der Waals surface area contributed by atoms with Gasteiger partial charge in [0.1, 0.15) is 0 Å². The minimum absolute atomic E-state index is 0.231. The zero-order chi connectivity index (χ0) is 19.2. The fraction of sp³-hybridized carbons (Fsp3) is 0.350. The third-order valence-corrected chi connectivity index (χ3v) is 5.38. The molecule has 0 aliphatic heterocycles. The van der Waals surface area contributed by atoms with Crippen LogP contribution in [0.5, 0.6) is 0 Å². The second-order valence-electron chi connectivity index (χ2n) is 6.26. The topological polar surface area (TPSA) is 80.7 Å². The van der Waals surface area contributed by atoms with Crippen LogP contribution in [0, 0.1) is 0 Å². The van der Waals surface area contributed by atoms with Crippen molar-refractivity contribution in [2.24, 2.45) is 0 Å². The van der Waals surface area contributed by atoms with E-state index >= 15 is 0 Å². The highest BCUT2D eigenvalue weighted by molar-refractivity contribution is 7.90. The molecule has 2 aromatic carbocycles. The summed E-state index contributed by atoms with van der Waals surface area (Å²) in [6, 6.07) is 14.3. The van der Waals surface area contributed by atoms with Crippen LogP contribution < -0.4 is 0 Å².